The van der Waals surface area contributed by atoms with Crippen LogP contribution in [0.25, 0.3) is 0 Å². The molecular weight excluding hydrogens is 305 g/mol. The Morgan fingerprint density at radius 3 is 2.48 bits per heavy atom. The number of halogens is 3. The van der Waals surface area contributed by atoms with Crippen molar-refractivity contribution in [1.29, 1.82) is 0 Å². The van der Waals surface area contributed by atoms with Crippen molar-refractivity contribution in [3.05, 3.63) is 17.6 Å². The van der Waals surface area contributed by atoms with Crippen molar-refractivity contribution in [1.82, 2.24) is 14.9 Å². The Morgan fingerprint density at radius 2 is 1.91 bits per heavy atom. The van der Waals surface area contributed by atoms with Gasteiger partial charge in [-0.05, 0) is 38.8 Å². The summed E-state index contributed by atoms with van der Waals surface area (Å²) in [6, 6.07) is 1.91. The molecule has 0 bridgehead atoms. The van der Waals surface area contributed by atoms with Gasteiger partial charge >= 0.3 is 6.18 Å². The quantitative estimate of drug-likeness (QED) is 0.896. The number of hydrogen-bond donors (Lipinski definition) is 1. The normalized spacial score (nSPS) is 17.7. The van der Waals surface area contributed by atoms with Crippen LogP contribution in [0.4, 0.5) is 19.0 Å². The summed E-state index contributed by atoms with van der Waals surface area (Å²) in [5.74, 6) is 2.27. The van der Waals surface area contributed by atoms with Gasteiger partial charge in [0, 0.05) is 24.2 Å². The van der Waals surface area contributed by atoms with E-state index in [1.807, 2.05) is 13.0 Å². The first kappa shape index (κ1) is 18.0. The van der Waals surface area contributed by atoms with Gasteiger partial charge in [-0.1, -0.05) is 13.8 Å². The molecule has 1 aromatic heterocycles. The number of aromatic nitrogens is 2. The standard InChI is InChI=1S/C16H25F3N4/c1-11(2)15-21-12(3)8-14(22-15)20-9-13-4-6-23(7-5-13)10-16(17,18)19/h8,11,13H,4-7,9-10H2,1-3H3,(H,20,21,22). The Bertz CT molecular complexity index is 509. The molecule has 130 valence electrons. The molecule has 23 heavy (non-hydrogen) atoms. The van der Waals surface area contributed by atoms with E-state index in [9.17, 15) is 13.2 Å². The number of alkyl halides is 3. The number of nitrogens with zero attached hydrogens (tertiary/aromatic N) is 3. The fourth-order valence-corrected chi connectivity index (χ4v) is 2.79. The van der Waals surface area contributed by atoms with E-state index in [0.29, 0.717) is 19.0 Å². The van der Waals surface area contributed by atoms with Gasteiger partial charge in [-0.25, -0.2) is 9.97 Å². The molecule has 1 saturated heterocycles. The van der Waals surface area contributed by atoms with Gasteiger partial charge < -0.3 is 5.32 Å². The minimum Gasteiger partial charge on any atom is -0.370 e. The predicted molar refractivity (Wildman–Crippen MR) is 84.6 cm³/mol. The van der Waals surface area contributed by atoms with E-state index >= 15 is 0 Å². The molecule has 1 fully saturated rings. The summed E-state index contributed by atoms with van der Waals surface area (Å²) in [4.78, 5) is 10.4. The van der Waals surface area contributed by atoms with Crippen LogP contribution < -0.4 is 5.32 Å². The molecule has 2 heterocycles. The fraction of sp³-hybridized carbons (Fsp3) is 0.750. The topological polar surface area (TPSA) is 41.0 Å². The Morgan fingerprint density at radius 1 is 1.26 bits per heavy atom. The smallest absolute Gasteiger partial charge is 0.370 e. The molecule has 1 aromatic rings. The second kappa shape index (κ2) is 7.47. The van der Waals surface area contributed by atoms with Gasteiger partial charge in [0.25, 0.3) is 0 Å². The highest BCUT2D eigenvalue weighted by molar-refractivity contribution is 5.36. The summed E-state index contributed by atoms with van der Waals surface area (Å²) in [5.41, 5.74) is 0.922. The highest BCUT2D eigenvalue weighted by Gasteiger charge is 2.32. The molecule has 0 atom stereocenters. The highest BCUT2D eigenvalue weighted by atomic mass is 19.4. The van der Waals surface area contributed by atoms with Crippen LogP contribution in [-0.4, -0.2) is 47.2 Å². The van der Waals surface area contributed by atoms with Crippen LogP contribution in [0.2, 0.25) is 0 Å². The van der Waals surface area contributed by atoms with Gasteiger partial charge in [0.05, 0.1) is 6.54 Å². The number of nitrogens with one attached hydrogen (secondary N) is 1. The molecule has 4 nitrogen and oxygen atoms in total. The third kappa shape index (κ3) is 5.97. The Kier molecular flexibility index (Phi) is 5.84. The number of aryl methyl sites for hydroxylation is 1. The second-order valence-corrected chi connectivity index (χ2v) is 6.62. The van der Waals surface area contributed by atoms with Crippen molar-refractivity contribution in [3.8, 4) is 0 Å². The maximum Gasteiger partial charge on any atom is 0.401 e. The van der Waals surface area contributed by atoms with Crippen molar-refractivity contribution >= 4 is 5.82 Å². The summed E-state index contributed by atoms with van der Waals surface area (Å²) >= 11 is 0. The monoisotopic (exact) mass is 330 g/mol. The molecule has 0 amide bonds. The lowest BCUT2D eigenvalue weighted by atomic mass is 9.97. The van der Waals surface area contributed by atoms with E-state index in [0.717, 1.165) is 36.7 Å². The van der Waals surface area contributed by atoms with E-state index in [1.165, 1.54) is 4.90 Å². The van der Waals surface area contributed by atoms with Crippen molar-refractivity contribution in [2.24, 2.45) is 5.92 Å². The summed E-state index contributed by atoms with van der Waals surface area (Å²) in [7, 11) is 0. The zero-order chi connectivity index (χ0) is 17.0. The number of piperidine rings is 1. The molecule has 0 spiro atoms. The molecule has 0 aromatic carbocycles. The van der Waals surface area contributed by atoms with Crippen LogP contribution >= 0.6 is 0 Å². The lowest BCUT2D eigenvalue weighted by Gasteiger charge is -2.32. The largest absolute Gasteiger partial charge is 0.401 e. The molecule has 0 radical (unpaired) electrons. The van der Waals surface area contributed by atoms with Crippen LogP contribution in [0.3, 0.4) is 0 Å². The molecule has 0 unspecified atom stereocenters. The minimum absolute atomic E-state index is 0.265. The van der Waals surface area contributed by atoms with Crippen LogP contribution in [0, 0.1) is 12.8 Å². The van der Waals surface area contributed by atoms with Crippen LogP contribution in [0.1, 0.15) is 44.1 Å². The lowest BCUT2D eigenvalue weighted by molar-refractivity contribution is -0.148. The van der Waals surface area contributed by atoms with Crippen molar-refractivity contribution in [2.45, 2.75) is 45.7 Å². The summed E-state index contributed by atoms with van der Waals surface area (Å²) in [6.07, 6.45) is -2.54. The first-order valence-corrected chi connectivity index (χ1v) is 8.11. The van der Waals surface area contributed by atoms with Gasteiger partial charge in [0.2, 0.25) is 0 Å². The Balaban J connectivity index is 1.82. The van der Waals surface area contributed by atoms with Gasteiger partial charge in [-0.15, -0.1) is 0 Å². The zero-order valence-corrected chi connectivity index (χ0v) is 14.0. The predicted octanol–water partition coefficient (Wildman–Crippen LogP) is 3.59. The van der Waals surface area contributed by atoms with E-state index < -0.39 is 12.7 Å². The summed E-state index contributed by atoms with van der Waals surface area (Å²) in [6.45, 7) is 7.00. The average molecular weight is 330 g/mol. The summed E-state index contributed by atoms with van der Waals surface area (Å²) < 4.78 is 37.1. The van der Waals surface area contributed by atoms with Crippen LogP contribution in [0.5, 0.6) is 0 Å². The van der Waals surface area contributed by atoms with Crippen LogP contribution in [-0.2, 0) is 0 Å². The van der Waals surface area contributed by atoms with Gasteiger partial charge in [0.15, 0.2) is 0 Å². The molecule has 2 rings (SSSR count). The van der Waals surface area contributed by atoms with E-state index in [2.05, 4.69) is 29.1 Å². The molecule has 0 aliphatic carbocycles. The molecule has 7 heteroatoms. The average Bonchev–Trinajstić information content (AvgIpc) is 2.44. The van der Waals surface area contributed by atoms with Crippen molar-refractivity contribution < 1.29 is 13.2 Å². The third-order valence-corrected chi connectivity index (χ3v) is 4.07. The Hall–Kier alpha value is -1.37. The fourth-order valence-electron chi connectivity index (χ4n) is 2.79. The van der Waals surface area contributed by atoms with Crippen molar-refractivity contribution in [3.63, 3.8) is 0 Å². The molecule has 0 saturated carbocycles. The molecule has 1 N–H and O–H groups in total. The SMILES string of the molecule is Cc1cc(NCC2CCN(CC(F)(F)F)CC2)nc(C(C)C)n1. The van der Waals surface area contributed by atoms with Crippen LogP contribution in [0.15, 0.2) is 6.07 Å². The molecule has 1 aliphatic rings. The first-order chi connectivity index (χ1) is 10.7. The maximum atomic E-state index is 12.4. The first-order valence-electron chi connectivity index (χ1n) is 8.11. The summed E-state index contributed by atoms with van der Waals surface area (Å²) in [5, 5.41) is 3.32. The number of rotatable bonds is 5. The van der Waals surface area contributed by atoms with Gasteiger partial charge in [-0.2, -0.15) is 13.2 Å². The number of likely N-dealkylation sites (tertiary alicyclic amines) is 1. The highest BCUT2D eigenvalue weighted by Crippen LogP contribution is 2.23. The second-order valence-electron chi connectivity index (χ2n) is 6.62. The van der Waals surface area contributed by atoms with Gasteiger partial charge in [-0.3, -0.25) is 4.90 Å². The molecular formula is C16H25F3N4. The lowest BCUT2D eigenvalue weighted by Crippen LogP contribution is -2.41. The van der Waals surface area contributed by atoms with Gasteiger partial charge in [0.1, 0.15) is 11.6 Å². The van der Waals surface area contributed by atoms with Crippen molar-refractivity contribution in [2.75, 3.05) is 31.5 Å². The number of hydrogen-bond acceptors (Lipinski definition) is 4. The molecule has 1 aliphatic heterocycles. The Labute approximate surface area is 135 Å². The van der Waals surface area contributed by atoms with E-state index in [1.54, 1.807) is 0 Å². The van der Waals surface area contributed by atoms with E-state index in [4.69, 9.17) is 0 Å². The number of anilines is 1. The minimum atomic E-state index is -4.10. The van der Waals surface area contributed by atoms with E-state index in [-0.39, 0.29) is 5.92 Å². The third-order valence-electron chi connectivity index (χ3n) is 4.07. The maximum absolute atomic E-state index is 12.4. The zero-order valence-electron chi connectivity index (χ0n) is 14.0.